The third kappa shape index (κ3) is 2.49. The fourth-order valence-electron chi connectivity index (χ4n) is 2.35. The lowest BCUT2D eigenvalue weighted by Gasteiger charge is -2.34. The Hall–Kier alpha value is -2.71. The van der Waals surface area contributed by atoms with E-state index in [-0.39, 0.29) is 17.9 Å². The monoisotopic (exact) mass is 288 g/mol. The maximum absolute atomic E-state index is 11.9. The average molecular weight is 288 g/mol. The standard InChI is InChI=1S/C12H16N8O/c1-2-8-9(21)15-4-6-20(8)12-17-10(13)16-11(18-12)19-5-3-14-7-19/h3,5,7-8H,2,4,6H2,1H3,(H,15,21)(H2,13,16,17,18). The van der Waals surface area contributed by atoms with Gasteiger partial charge in [-0.3, -0.25) is 9.36 Å². The van der Waals surface area contributed by atoms with Crippen LogP contribution in [0.25, 0.3) is 5.95 Å². The van der Waals surface area contributed by atoms with Crippen LogP contribution < -0.4 is 16.0 Å². The molecular formula is C12H16N8O. The normalized spacial score (nSPS) is 18.6. The molecule has 1 amide bonds. The second-order valence-corrected chi connectivity index (χ2v) is 4.67. The molecule has 0 saturated carbocycles. The maximum Gasteiger partial charge on any atom is 0.242 e. The summed E-state index contributed by atoms with van der Waals surface area (Å²) in [6, 6.07) is -0.295. The van der Waals surface area contributed by atoms with Crippen molar-refractivity contribution < 1.29 is 4.79 Å². The first kappa shape index (κ1) is 13.3. The van der Waals surface area contributed by atoms with E-state index >= 15 is 0 Å². The topological polar surface area (TPSA) is 115 Å². The quantitative estimate of drug-likeness (QED) is 0.771. The third-order valence-corrected chi connectivity index (χ3v) is 3.34. The number of anilines is 2. The Morgan fingerprint density at radius 2 is 2.19 bits per heavy atom. The molecule has 1 unspecified atom stereocenters. The lowest BCUT2D eigenvalue weighted by atomic mass is 10.1. The van der Waals surface area contributed by atoms with Crippen LogP contribution in [-0.4, -0.2) is 49.5 Å². The van der Waals surface area contributed by atoms with Crippen molar-refractivity contribution in [1.82, 2.24) is 29.8 Å². The molecule has 2 aromatic heterocycles. The lowest BCUT2D eigenvalue weighted by molar-refractivity contribution is -0.123. The molecule has 1 fully saturated rings. The molecule has 9 nitrogen and oxygen atoms in total. The number of carbonyl (C=O) groups is 1. The number of rotatable bonds is 3. The highest BCUT2D eigenvalue weighted by molar-refractivity contribution is 5.85. The van der Waals surface area contributed by atoms with Crippen LogP contribution >= 0.6 is 0 Å². The molecular weight excluding hydrogens is 272 g/mol. The van der Waals surface area contributed by atoms with Gasteiger partial charge >= 0.3 is 0 Å². The fraction of sp³-hybridized carbons (Fsp3) is 0.417. The Bertz CT molecular complexity index is 641. The van der Waals surface area contributed by atoms with Gasteiger partial charge in [0.1, 0.15) is 12.4 Å². The Morgan fingerprint density at radius 3 is 2.90 bits per heavy atom. The number of aromatic nitrogens is 5. The Balaban J connectivity index is 1.99. The number of amides is 1. The zero-order chi connectivity index (χ0) is 14.8. The molecule has 3 N–H and O–H groups in total. The van der Waals surface area contributed by atoms with E-state index in [4.69, 9.17) is 5.73 Å². The maximum atomic E-state index is 11.9. The molecule has 0 aliphatic carbocycles. The first-order valence-electron chi connectivity index (χ1n) is 6.73. The van der Waals surface area contributed by atoms with Crippen LogP contribution in [0.15, 0.2) is 18.7 Å². The number of nitrogens with zero attached hydrogens (tertiary/aromatic N) is 6. The molecule has 1 saturated heterocycles. The molecule has 0 radical (unpaired) electrons. The van der Waals surface area contributed by atoms with Crippen molar-refractivity contribution in [3.63, 3.8) is 0 Å². The molecule has 9 heteroatoms. The van der Waals surface area contributed by atoms with Crippen molar-refractivity contribution >= 4 is 17.8 Å². The highest BCUT2D eigenvalue weighted by Gasteiger charge is 2.30. The van der Waals surface area contributed by atoms with Gasteiger partial charge in [0.15, 0.2) is 0 Å². The van der Waals surface area contributed by atoms with Crippen molar-refractivity contribution in [2.24, 2.45) is 0 Å². The molecule has 21 heavy (non-hydrogen) atoms. The molecule has 0 bridgehead atoms. The first-order valence-corrected chi connectivity index (χ1v) is 6.73. The molecule has 0 spiro atoms. The van der Waals surface area contributed by atoms with Gasteiger partial charge in [0, 0.05) is 25.5 Å². The number of imidazole rings is 1. The van der Waals surface area contributed by atoms with Crippen LogP contribution in [0.1, 0.15) is 13.3 Å². The van der Waals surface area contributed by atoms with Crippen molar-refractivity contribution in [1.29, 1.82) is 0 Å². The van der Waals surface area contributed by atoms with E-state index < -0.39 is 0 Å². The molecule has 1 aliphatic rings. The van der Waals surface area contributed by atoms with Crippen LogP contribution in [0.2, 0.25) is 0 Å². The Morgan fingerprint density at radius 1 is 1.38 bits per heavy atom. The molecule has 0 aromatic carbocycles. The average Bonchev–Trinajstić information content (AvgIpc) is 3.00. The summed E-state index contributed by atoms with van der Waals surface area (Å²) in [4.78, 5) is 30.4. The fourth-order valence-corrected chi connectivity index (χ4v) is 2.35. The molecule has 110 valence electrons. The minimum Gasteiger partial charge on any atom is -0.368 e. The summed E-state index contributed by atoms with van der Waals surface area (Å²) in [6.07, 6.45) is 5.60. The van der Waals surface area contributed by atoms with Gasteiger partial charge in [-0.1, -0.05) is 6.92 Å². The van der Waals surface area contributed by atoms with Crippen LogP contribution in [-0.2, 0) is 4.79 Å². The van der Waals surface area contributed by atoms with E-state index in [0.29, 0.717) is 31.4 Å². The summed E-state index contributed by atoms with van der Waals surface area (Å²) in [5.74, 6) is 0.889. The Kier molecular flexibility index (Phi) is 3.38. The highest BCUT2D eigenvalue weighted by atomic mass is 16.2. The van der Waals surface area contributed by atoms with Gasteiger partial charge in [-0.25, -0.2) is 4.98 Å². The smallest absolute Gasteiger partial charge is 0.242 e. The van der Waals surface area contributed by atoms with Crippen LogP contribution in [0.3, 0.4) is 0 Å². The molecule has 1 aliphatic heterocycles. The molecule has 3 rings (SSSR count). The minimum atomic E-state index is -0.295. The number of hydrogen-bond donors (Lipinski definition) is 2. The van der Waals surface area contributed by atoms with Crippen molar-refractivity contribution in [3.8, 4) is 5.95 Å². The lowest BCUT2D eigenvalue weighted by Crippen LogP contribution is -2.55. The summed E-state index contributed by atoms with van der Waals surface area (Å²) >= 11 is 0. The number of piperazine rings is 1. The number of nitrogens with two attached hydrogens (primary N) is 1. The molecule has 1 atom stereocenters. The van der Waals surface area contributed by atoms with E-state index in [1.807, 2.05) is 11.8 Å². The summed E-state index contributed by atoms with van der Waals surface area (Å²) in [5.41, 5.74) is 5.77. The summed E-state index contributed by atoms with van der Waals surface area (Å²) in [5, 5.41) is 2.84. The number of hydrogen-bond acceptors (Lipinski definition) is 7. The van der Waals surface area contributed by atoms with Gasteiger partial charge in [0.2, 0.25) is 23.8 Å². The van der Waals surface area contributed by atoms with Crippen LogP contribution in [0, 0.1) is 0 Å². The zero-order valence-corrected chi connectivity index (χ0v) is 11.6. The summed E-state index contributed by atoms with van der Waals surface area (Å²) < 4.78 is 1.65. The zero-order valence-electron chi connectivity index (χ0n) is 11.6. The van der Waals surface area contributed by atoms with E-state index in [9.17, 15) is 4.79 Å². The van der Waals surface area contributed by atoms with Gasteiger partial charge in [-0.05, 0) is 6.42 Å². The van der Waals surface area contributed by atoms with Crippen LogP contribution in [0.4, 0.5) is 11.9 Å². The highest BCUT2D eigenvalue weighted by Crippen LogP contribution is 2.18. The Labute approximate surface area is 121 Å². The van der Waals surface area contributed by atoms with Crippen molar-refractivity contribution in [3.05, 3.63) is 18.7 Å². The predicted molar refractivity (Wildman–Crippen MR) is 75.8 cm³/mol. The van der Waals surface area contributed by atoms with E-state index in [0.717, 1.165) is 0 Å². The number of nitrogen functional groups attached to an aromatic ring is 1. The van der Waals surface area contributed by atoms with E-state index in [1.165, 1.54) is 0 Å². The van der Waals surface area contributed by atoms with Crippen molar-refractivity contribution in [2.75, 3.05) is 23.7 Å². The predicted octanol–water partition coefficient (Wildman–Crippen LogP) is -0.646. The summed E-state index contributed by atoms with van der Waals surface area (Å²) in [6.45, 7) is 3.14. The second kappa shape index (κ2) is 5.35. The van der Waals surface area contributed by atoms with Gasteiger partial charge in [-0.2, -0.15) is 15.0 Å². The van der Waals surface area contributed by atoms with Crippen LogP contribution in [0.5, 0.6) is 0 Å². The minimum absolute atomic E-state index is 0.0214. The molecule has 2 aromatic rings. The number of nitrogens with one attached hydrogen (secondary N) is 1. The first-order chi connectivity index (χ1) is 10.2. The molecule has 3 heterocycles. The van der Waals surface area contributed by atoms with Gasteiger partial charge in [-0.15, -0.1) is 0 Å². The second-order valence-electron chi connectivity index (χ2n) is 4.67. The van der Waals surface area contributed by atoms with E-state index in [2.05, 4.69) is 25.3 Å². The van der Waals surface area contributed by atoms with Gasteiger partial charge < -0.3 is 16.0 Å². The van der Waals surface area contributed by atoms with E-state index in [1.54, 1.807) is 23.3 Å². The van der Waals surface area contributed by atoms with Crippen molar-refractivity contribution in [2.45, 2.75) is 19.4 Å². The number of carbonyl (C=O) groups excluding carboxylic acids is 1. The SMILES string of the molecule is CCC1C(=O)NCCN1c1nc(N)nc(-n2ccnc2)n1. The van der Waals surface area contributed by atoms with Gasteiger partial charge in [0.25, 0.3) is 0 Å². The third-order valence-electron chi connectivity index (χ3n) is 3.34. The largest absolute Gasteiger partial charge is 0.368 e. The van der Waals surface area contributed by atoms with Gasteiger partial charge in [0.05, 0.1) is 0 Å². The summed E-state index contributed by atoms with van der Waals surface area (Å²) in [7, 11) is 0.